The lowest BCUT2D eigenvalue weighted by molar-refractivity contribution is 0.386. The maximum atomic E-state index is 13.7. The highest BCUT2D eigenvalue weighted by atomic mass is 19.1. The number of fused-ring (bicyclic) bond motifs is 1. The first kappa shape index (κ1) is 13.3. The third-order valence-corrected chi connectivity index (χ3v) is 3.29. The number of methoxy groups -OCH3 is 1. The van der Waals surface area contributed by atoms with Gasteiger partial charge in [0.1, 0.15) is 11.7 Å². The van der Waals surface area contributed by atoms with E-state index in [0.717, 1.165) is 0 Å². The predicted molar refractivity (Wildman–Crippen MR) is 74.8 cm³/mol. The first-order valence-corrected chi connectivity index (χ1v) is 6.29. The topological polar surface area (TPSA) is 61.9 Å². The van der Waals surface area contributed by atoms with Crippen molar-refractivity contribution < 1.29 is 9.13 Å². The molecule has 3 rings (SSSR count). The second-order valence-corrected chi connectivity index (χ2v) is 4.65. The lowest BCUT2D eigenvalue weighted by atomic mass is 10.2. The molecule has 0 saturated heterocycles. The van der Waals surface area contributed by atoms with Crippen LogP contribution in [0.25, 0.3) is 11.0 Å². The summed E-state index contributed by atoms with van der Waals surface area (Å²) in [6.07, 6.45) is 2.92. The molecule has 0 bridgehead atoms. The number of hydrogen-bond donors (Lipinski definition) is 0. The Hall–Kier alpha value is -2.70. The Balaban J connectivity index is 2.00. The van der Waals surface area contributed by atoms with E-state index in [1.807, 2.05) is 0 Å². The Kier molecular flexibility index (Phi) is 3.17. The molecule has 0 amide bonds. The van der Waals surface area contributed by atoms with Crippen molar-refractivity contribution in [2.45, 2.75) is 6.54 Å². The molecule has 1 aromatic carbocycles. The van der Waals surface area contributed by atoms with Crippen molar-refractivity contribution in [3.63, 3.8) is 0 Å². The SMILES string of the molecule is COc1ccc(Cn2cnc3c(cnn3C)c2=O)cc1F. The summed E-state index contributed by atoms with van der Waals surface area (Å²) in [6.45, 7) is 0.234. The van der Waals surface area contributed by atoms with Crippen molar-refractivity contribution in [1.82, 2.24) is 19.3 Å². The second-order valence-electron chi connectivity index (χ2n) is 4.65. The molecule has 2 heterocycles. The minimum atomic E-state index is -0.460. The molecule has 108 valence electrons. The first-order chi connectivity index (χ1) is 10.1. The third kappa shape index (κ3) is 2.26. The normalized spacial score (nSPS) is 11.0. The molecule has 6 nitrogen and oxygen atoms in total. The average Bonchev–Trinajstić information content (AvgIpc) is 2.84. The zero-order valence-corrected chi connectivity index (χ0v) is 11.6. The fraction of sp³-hybridized carbons (Fsp3) is 0.214. The molecule has 0 saturated carbocycles. The molecule has 0 aliphatic heterocycles. The molecule has 0 fully saturated rings. The monoisotopic (exact) mass is 288 g/mol. The van der Waals surface area contributed by atoms with Crippen LogP contribution in [0.15, 0.2) is 35.5 Å². The summed E-state index contributed by atoms with van der Waals surface area (Å²) in [4.78, 5) is 16.5. The Morgan fingerprint density at radius 1 is 1.38 bits per heavy atom. The summed E-state index contributed by atoms with van der Waals surface area (Å²) >= 11 is 0. The van der Waals surface area contributed by atoms with Gasteiger partial charge in [-0.05, 0) is 17.7 Å². The number of hydrogen-bond acceptors (Lipinski definition) is 4. The molecule has 7 heteroatoms. The Morgan fingerprint density at radius 2 is 2.19 bits per heavy atom. The van der Waals surface area contributed by atoms with E-state index < -0.39 is 5.82 Å². The van der Waals surface area contributed by atoms with Gasteiger partial charge < -0.3 is 4.74 Å². The van der Waals surface area contributed by atoms with Crippen LogP contribution in [-0.4, -0.2) is 26.4 Å². The smallest absolute Gasteiger partial charge is 0.264 e. The Bertz CT molecular complexity index is 869. The highest BCUT2D eigenvalue weighted by Crippen LogP contribution is 2.18. The van der Waals surface area contributed by atoms with E-state index in [1.54, 1.807) is 13.1 Å². The summed E-state index contributed by atoms with van der Waals surface area (Å²) in [5, 5.41) is 4.44. The van der Waals surface area contributed by atoms with Gasteiger partial charge in [0.15, 0.2) is 17.2 Å². The van der Waals surface area contributed by atoms with Crippen molar-refractivity contribution >= 4 is 11.0 Å². The summed E-state index contributed by atoms with van der Waals surface area (Å²) in [5.74, 6) is -0.287. The van der Waals surface area contributed by atoms with Gasteiger partial charge in [0.25, 0.3) is 5.56 Å². The zero-order chi connectivity index (χ0) is 15.0. The molecule has 0 atom stereocenters. The standard InChI is InChI=1S/C14H13FN4O2/c1-18-13-10(6-17-18)14(20)19(8-16-13)7-9-3-4-12(21-2)11(15)5-9/h3-6,8H,7H2,1-2H3. The fourth-order valence-electron chi connectivity index (χ4n) is 2.18. The van der Waals surface area contributed by atoms with Crippen LogP contribution in [0.1, 0.15) is 5.56 Å². The number of halogens is 1. The Labute approximate surface area is 119 Å². The number of rotatable bonds is 3. The predicted octanol–water partition coefficient (Wildman–Crippen LogP) is 1.33. The zero-order valence-electron chi connectivity index (χ0n) is 11.6. The summed E-state index contributed by atoms with van der Waals surface area (Å²) in [7, 11) is 3.13. The summed E-state index contributed by atoms with van der Waals surface area (Å²) in [6, 6.07) is 4.59. The van der Waals surface area contributed by atoms with E-state index in [1.165, 1.54) is 41.0 Å². The number of aryl methyl sites for hydroxylation is 1. The van der Waals surface area contributed by atoms with Crippen molar-refractivity contribution in [3.05, 3.63) is 52.5 Å². The average molecular weight is 288 g/mol. The van der Waals surface area contributed by atoms with Crippen molar-refractivity contribution in [2.24, 2.45) is 7.05 Å². The fourth-order valence-corrected chi connectivity index (χ4v) is 2.18. The van der Waals surface area contributed by atoms with Crippen molar-refractivity contribution in [3.8, 4) is 5.75 Å². The largest absolute Gasteiger partial charge is 0.494 e. The molecule has 0 spiro atoms. The minimum absolute atomic E-state index is 0.173. The van der Waals surface area contributed by atoms with Crippen LogP contribution in [0.2, 0.25) is 0 Å². The Morgan fingerprint density at radius 3 is 2.90 bits per heavy atom. The molecule has 0 unspecified atom stereocenters. The molecule has 3 aromatic rings. The van der Waals surface area contributed by atoms with Gasteiger partial charge in [0, 0.05) is 7.05 Å². The van der Waals surface area contributed by atoms with E-state index in [0.29, 0.717) is 16.6 Å². The van der Waals surface area contributed by atoms with Gasteiger partial charge in [-0.25, -0.2) is 9.37 Å². The van der Waals surface area contributed by atoms with E-state index in [-0.39, 0.29) is 17.9 Å². The highest BCUT2D eigenvalue weighted by Gasteiger charge is 2.09. The van der Waals surface area contributed by atoms with Gasteiger partial charge in [-0.15, -0.1) is 0 Å². The van der Waals surface area contributed by atoms with Gasteiger partial charge in [-0.1, -0.05) is 6.07 Å². The molecular weight excluding hydrogens is 275 g/mol. The minimum Gasteiger partial charge on any atom is -0.494 e. The molecule has 21 heavy (non-hydrogen) atoms. The van der Waals surface area contributed by atoms with Crippen molar-refractivity contribution in [1.29, 1.82) is 0 Å². The van der Waals surface area contributed by atoms with Crippen LogP contribution < -0.4 is 10.3 Å². The maximum absolute atomic E-state index is 13.7. The van der Waals surface area contributed by atoms with Gasteiger partial charge >= 0.3 is 0 Å². The number of benzene rings is 1. The molecule has 0 aliphatic rings. The molecule has 2 aromatic heterocycles. The maximum Gasteiger partial charge on any atom is 0.264 e. The number of ether oxygens (including phenoxy) is 1. The van der Waals surface area contributed by atoms with Gasteiger partial charge in [0.2, 0.25) is 0 Å². The quantitative estimate of drug-likeness (QED) is 0.729. The van der Waals surface area contributed by atoms with E-state index >= 15 is 0 Å². The van der Waals surface area contributed by atoms with Gasteiger partial charge in [-0.3, -0.25) is 14.0 Å². The highest BCUT2D eigenvalue weighted by molar-refractivity contribution is 5.72. The van der Waals surface area contributed by atoms with Crippen LogP contribution >= 0.6 is 0 Å². The van der Waals surface area contributed by atoms with Gasteiger partial charge in [-0.2, -0.15) is 5.10 Å². The number of nitrogens with zero attached hydrogens (tertiary/aromatic N) is 4. The van der Waals surface area contributed by atoms with E-state index in [4.69, 9.17) is 4.74 Å². The summed E-state index contributed by atoms with van der Waals surface area (Å²) < 4.78 is 21.5. The lowest BCUT2D eigenvalue weighted by Gasteiger charge is -2.07. The van der Waals surface area contributed by atoms with Crippen LogP contribution in [-0.2, 0) is 13.6 Å². The number of aromatic nitrogens is 4. The van der Waals surface area contributed by atoms with Crippen LogP contribution in [0.3, 0.4) is 0 Å². The lowest BCUT2D eigenvalue weighted by Crippen LogP contribution is -2.21. The molecular formula is C14H13FN4O2. The first-order valence-electron chi connectivity index (χ1n) is 6.29. The second kappa shape index (κ2) is 5.01. The molecule has 0 N–H and O–H groups in total. The van der Waals surface area contributed by atoms with Crippen LogP contribution in [0.4, 0.5) is 4.39 Å². The van der Waals surface area contributed by atoms with Crippen molar-refractivity contribution in [2.75, 3.05) is 7.11 Å². The van der Waals surface area contributed by atoms with E-state index in [2.05, 4.69) is 10.1 Å². The van der Waals surface area contributed by atoms with Crippen LogP contribution in [0.5, 0.6) is 5.75 Å². The van der Waals surface area contributed by atoms with Gasteiger partial charge in [0.05, 0.1) is 19.9 Å². The molecule has 0 aliphatic carbocycles. The van der Waals surface area contributed by atoms with E-state index in [9.17, 15) is 9.18 Å². The molecule has 0 radical (unpaired) electrons. The third-order valence-electron chi connectivity index (χ3n) is 3.29. The summed E-state index contributed by atoms with van der Waals surface area (Å²) in [5.41, 5.74) is 0.974. The van der Waals surface area contributed by atoms with Crippen LogP contribution in [0, 0.1) is 5.82 Å².